The normalized spacial score (nSPS) is 18.9. The van der Waals surface area contributed by atoms with Gasteiger partial charge >= 0.3 is 0 Å². The number of aromatic nitrogens is 4. The lowest BCUT2D eigenvalue weighted by Gasteiger charge is -2.24. The van der Waals surface area contributed by atoms with E-state index < -0.39 is 0 Å². The lowest BCUT2D eigenvalue weighted by Crippen LogP contribution is -2.33. The molecule has 18 heavy (non-hydrogen) atoms. The van der Waals surface area contributed by atoms with Crippen molar-refractivity contribution in [2.24, 2.45) is 0 Å². The number of rotatable bonds is 3. The molecule has 0 radical (unpaired) electrons. The van der Waals surface area contributed by atoms with Gasteiger partial charge in [0.1, 0.15) is 0 Å². The summed E-state index contributed by atoms with van der Waals surface area (Å²) in [5, 5.41) is 13.3. The number of fused-ring (bicyclic) bond motifs is 1. The minimum absolute atomic E-state index is 0.346. The summed E-state index contributed by atoms with van der Waals surface area (Å²) in [6.45, 7) is 6.14. The third-order valence-corrected chi connectivity index (χ3v) is 4.14. The maximum atomic E-state index is 4.37. The van der Waals surface area contributed by atoms with Crippen molar-refractivity contribution < 1.29 is 0 Å². The Morgan fingerprint density at radius 1 is 1.50 bits per heavy atom. The number of thiazole rings is 1. The lowest BCUT2D eigenvalue weighted by atomic mass is 10.1. The Kier molecular flexibility index (Phi) is 3.13. The predicted molar refractivity (Wildman–Crippen MR) is 71.5 cm³/mol. The van der Waals surface area contributed by atoms with E-state index in [-0.39, 0.29) is 0 Å². The molecule has 1 aliphatic heterocycles. The fourth-order valence-corrected chi connectivity index (χ4v) is 3.17. The van der Waals surface area contributed by atoms with Crippen LogP contribution in [0, 0.1) is 6.92 Å². The van der Waals surface area contributed by atoms with Crippen LogP contribution < -0.4 is 5.32 Å². The summed E-state index contributed by atoms with van der Waals surface area (Å²) in [6.07, 6.45) is 4.16. The summed E-state index contributed by atoms with van der Waals surface area (Å²) in [4.78, 5) is 5.41. The Morgan fingerprint density at radius 3 is 3.11 bits per heavy atom. The molecule has 0 aromatic carbocycles. The highest BCUT2D eigenvalue weighted by Gasteiger charge is 2.25. The molecular weight excluding hydrogens is 246 g/mol. The summed E-state index contributed by atoms with van der Waals surface area (Å²) in [5.41, 5.74) is 0. The second kappa shape index (κ2) is 4.78. The van der Waals surface area contributed by atoms with E-state index in [0.717, 1.165) is 47.5 Å². The first kappa shape index (κ1) is 11.8. The van der Waals surface area contributed by atoms with Crippen molar-refractivity contribution in [1.29, 1.82) is 0 Å². The van der Waals surface area contributed by atoms with Crippen molar-refractivity contribution in [3.63, 3.8) is 0 Å². The van der Waals surface area contributed by atoms with E-state index in [1.165, 1.54) is 0 Å². The Morgan fingerprint density at radius 2 is 2.39 bits per heavy atom. The molecule has 1 aliphatic rings. The molecule has 5 nitrogen and oxygen atoms in total. The van der Waals surface area contributed by atoms with Crippen LogP contribution in [0.2, 0.25) is 0 Å². The van der Waals surface area contributed by atoms with Gasteiger partial charge in [-0.2, -0.15) is 0 Å². The topological polar surface area (TPSA) is 55.6 Å². The molecule has 0 spiro atoms. The Bertz CT molecular complexity index is 544. The Hall–Kier alpha value is -1.27. The molecule has 0 amide bonds. The van der Waals surface area contributed by atoms with E-state index in [2.05, 4.69) is 32.0 Å². The van der Waals surface area contributed by atoms with E-state index in [4.69, 9.17) is 0 Å². The summed E-state index contributed by atoms with van der Waals surface area (Å²) in [5.74, 6) is 2.04. The highest BCUT2D eigenvalue weighted by molar-refractivity contribution is 7.14. The molecule has 3 heterocycles. The molecular formula is C12H17N5S. The van der Waals surface area contributed by atoms with E-state index in [9.17, 15) is 0 Å². The zero-order valence-corrected chi connectivity index (χ0v) is 11.5. The zero-order valence-electron chi connectivity index (χ0n) is 10.7. The molecule has 0 aliphatic carbocycles. The molecule has 3 rings (SSSR count). The SMILES string of the molecule is CCCC1NCCn2c(-c3cnc(C)s3)nnc21. The number of hydrogen-bond donors (Lipinski definition) is 1. The molecule has 0 fully saturated rings. The van der Waals surface area contributed by atoms with Crippen LogP contribution in [0.1, 0.15) is 36.6 Å². The van der Waals surface area contributed by atoms with Gasteiger partial charge in [0, 0.05) is 19.3 Å². The third-order valence-electron chi connectivity index (χ3n) is 3.24. The van der Waals surface area contributed by atoms with Crippen molar-refractivity contribution in [2.45, 2.75) is 39.3 Å². The Balaban J connectivity index is 1.99. The maximum absolute atomic E-state index is 4.37. The molecule has 2 aromatic rings. The van der Waals surface area contributed by atoms with Gasteiger partial charge in [-0.15, -0.1) is 21.5 Å². The van der Waals surface area contributed by atoms with Crippen molar-refractivity contribution in [3.8, 4) is 10.7 Å². The molecule has 0 bridgehead atoms. The van der Waals surface area contributed by atoms with E-state index in [1.54, 1.807) is 11.3 Å². The fourth-order valence-electron chi connectivity index (χ4n) is 2.40. The van der Waals surface area contributed by atoms with Crippen molar-refractivity contribution in [2.75, 3.05) is 6.54 Å². The lowest BCUT2D eigenvalue weighted by molar-refractivity contribution is 0.394. The van der Waals surface area contributed by atoms with Crippen molar-refractivity contribution in [3.05, 3.63) is 17.0 Å². The summed E-state index contributed by atoms with van der Waals surface area (Å²) < 4.78 is 2.24. The number of aryl methyl sites for hydroxylation is 1. The highest BCUT2D eigenvalue weighted by Crippen LogP contribution is 2.28. The molecule has 6 heteroatoms. The minimum atomic E-state index is 0.346. The van der Waals surface area contributed by atoms with E-state index in [1.807, 2.05) is 13.1 Å². The van der Waals surface area contributed by atoms with Gasteiger partial charge in [-0.3, -0.25) is 0 Å². The van der Waals surface area contributed by atoms with Gasteiger partial charge in [-0.25, -0.2) is 4.98 Å². The van der Waals surface area contributed by atoms with Crippen LogP contribution in [-0.4, -0.2) is 26.3 Å². The molecule has 0 saturated carbocycles. The standard InChI is InChI=1S/C12H17N5S/c1-3-4-9-11-15-16-12(17(11)6-5-13-9)10-7-14-8(2)18-10/h7,9,13H,3-6H2,1-2H3. The molecule has 2 aromatic heterocycles. The highest BCUT2D eigenvalue weighted by atomic mass is 32.1. The number of hydrogen-bond acceptors (Lipinski definition) is 5. The van der Waals surface area contributed by atoms with Gasteiger partial charge in [0.15, 0.2) is 11.6 Å². The summed E-state index contributed by atoms with van der Waals surface area (Å²) >= 11 is 1.68. The van der Waals surface area contributed by atoms with Gasteiger partial charge < -0.3 is 9.88 Å². The van der Waals surface area contributed by atoms with Crippen LogP contribution in [0.5, 0.6) is 0 Å². The smallest absolute Gasteiger partial charge is 0.175 e. The average molecular weight is 263 g/mol. The van der Waals surface area contributed by atoms with Gasteiger partial charge in [0.05, 0.1) is 15.9 Å². The summed E-state index contributed by atoms with van der Waals surface area (Å²) in [7, 11) is 0. The van der Waals surface area contributed by atoms with Gasteiger partial charge in [-0.1, -0.05) is 13.3 Å². The van der Waals surface area contributed by atoms with Crippen LogP contribution in [0.3, 0.4) is 0 Å². The van der Waals surface area contributed by atoms with Crippen LogP contribution in [0.15, 0.2) is 6.20 Å². The van der Waals surface area contributed by atoms with Gasteiger partial charge in [0.2, 0.25) is 0 Å². The van der Waals surface area contributed by atoms with Crippen LogP contribution >= 0.6 is 11.3 Å². The molecule has 1 atom stereocenters. The van der Waals surface area contributed by atoms with Gasteiger partial charge in [0.25, 0.3) is 0 Å². The second-order valence-electron chi connectivity index (χ2n) is 4.57. The largest absolute Gasteiger partial charge is 0.308 e. The first-order valence-corrected chi connectivity index (χ1v) is 7.20. The van der Waals surface area contributed by atoms with Crippen LogP contribution in [0.25, 0.3) is 10.7 Å². The van der Waals surface area contributed by atoms with Crippen molar-refractivity contribution >= 4 is 11.3 Å². The fraction of sp³-hybridized carbons (Fsp3) is 0.583. The first-order valence-electron chi connectivity index (χ1n) is 6.39. The molecule has 0 saturated heterocycles. The Labute approximate surface area is 110 Å². The second-order valence-corrected chi connectivity index (χ2v) is 5.81. The van der Waals surface area contributed by atoms with Crippen LogP contribution in [-0.2, 0) is 6.54 Å². The maximum Gasteiger partial charge on any atom is 0.175 e. The number of nitrogens with one attached hydrogen (secondary N) is 1. The van der Waals surface area contributed by atoms with Gasteiger partial charge in [-0.05, 0) is 13.3 Å². The number of nitrogens with zero attached hydrogens (tertiary/aromatic N) is 4. The zero-order chi connectivity index (χ0) is 12.5. The third kappa shape index (κ3) is 1.95. The average Bonchev–Trinajstić information content (AvgIpc) is 2.96. The quantitative estimate of drug-likeness (QED) is 0.922. The monoisotopic (exact) mass is 263 g/mol. The van der Waals surface area contributed by atoms with E-state index in [0.29, 0.717) is 6.04 Å². The minimum Gasteiger partial charge on any atom is -0.308 e. The van der Waals surface area contributed by atoms with E-state index >= 15 is 0 Å². The van der Waals surface area contributed by atoms with Crippen LogP contribution in [0.4, 0.5) is 0 Å². The molecule has 96 valence electrons. The molecule has 1 N–H and O–H groups in total. The van der Waals surface area contributed by atoms with Crippen molar-refractivity contribution in [1.82, 2.24) is 25.1 Å². The first-order chi connectivity index (χ1) is 8.79. The molecule has 1 unspecified atom stereocenters. The summed E-state index contributed by atoms with van der Waals surface area (Å²) in [6, 6.07) is 0.346. The predicted octanol–water partition coefficient (Wildman–Crippen LogP) is 2.15.